The van der Waals surface area contributed by atoms with Crippen molar-refractivity contribution in [3.63, 3.8) is 0 Å². The third-order valence-corrected chi connectivity index (χ3v) is 5.24. The number of carbonyl (C=O) groups is 1. The molecule has 2 rings (SSSR count). The molecule has 170 valence electrons. The Balaban J connectivity index is 0.00000450. The van der Waals surface area contributed by atoms with Gasteiger partial charge in [-0.05, 0) is 31.5 Å². The molecule has 30 heavy (non-hydrogen) atoms. The Morgan fingerprint density at radius 1 is 1.23 bits per heavy atom. The predicted octanol–water partition coefficient (Wildman–Crippen LogP) is 2.31. The molecule has 0 atom stereocenters. The summed E-state index contributed by atoms with van der Waals surface area (Å²) in [5.74, 6) is 1.88. The molecule has 1 aromatic rings. The Morgan fingerprint density at radius 3 is 2.47 bits per heavy atom. The maximum absolute atomic E-state index is 12.0. The van der Waals surface area contributed by atoms with E-state index in [0.717, 1.165) is 44.4 Å². The highest BCUT2D eigenvalue weighted by Gasteiger charge is 2.25. The third kappa shape index (κ3) is 7.94. The molecule has 8 heteroatoms. The highest BCUT2D eigenvalue weighted by molar-refractivity contribution is 14.0. The number of rotatable bonds is 7. The molecule has 2 N–H and O–H groups in total. The Kier molecular flexibility index (Phi) is 10.9. The van der Waals surface area contributed by atoms with Crippen molar-refractivity contribution < 1.29 is 9.53 Å². The highest BCUT2D eigenvalue weighted by Crippen LogP contribution is 2.25. The number of nitrogens with zero attached hydrogens (tertiary/aromatic N) is 3. The number of piperazine rings is 1. The summed E-state index contributed by atoms with van der Waals surface area (Å²) in [4.78, 5) is 20.9. The monoisotopic (exact) mass is 531 g/mol. The Bertz CT molecular complexity index is 701. The maximum Gasteiger partial charge on any atom is 0.234 e. The minimum atomic E-state index is -0.0682. The topological polar surface area (TPSA) is 69.2 Å². The van der Waals surface area contributed by atoms with Gasteiger partial charge < -0.3 is 20.3 Å². The van der Waals surface area contributed by atoms with Crippen LogP contribution in [0.15, 0.2) is 29.3 Å². The lowest BCUT2D eigenvalue weighted by Crippen LogP contribution is -2.55. The number of nitrogens with one attached hydrogen (secondary N) is 2. The number of carbonyl (C=O) groups excluding carboxylic acids is 1. The van der Waals surface area contributed by atoms with Gasteiger partial charge in [-0.15, -0.1) is 24.0 Å². The van der Waals surface area contributed by atoms with E-state index >= 15 is 0 Å². The van der Waals surface area contributed by atoms with Crippen LogP contribution in [0, 0.1) is 0 Å². The zero-order valence-corrected chi connectivity index (χ0v) is 21.5. The molecule has 0 bridgehead atoms. The van der Waals surface area contributed by atoms with E-state index in [-0.39, 0.29) is 41.3 Å². The van der Waals surface area contributed by atoms with E-state index in [0.29, 0.717) is 6.54 Å². The van der Waals surface area contributed by atoms with Gasteiger partial charge in [-0.1, -0.05) is 26.0 Å². The van der Waals surface area contributed by atoms with Gasteiger partial charge in [0.15, 0.2) is 5.96 Å². The highest BCUT2D eigenvalue weighted by atomic mass is 127. The first kappa shape index (κ1) is 26.5. The van der Waals surface area contributed by atoms with Crippen molar-refractivity contribution >= 4 is 35.8 Å². The summed E-state index contributed by atoms with van der Waals surface area (Å²) in [6.07, 6.45) is 0. The van der Waals surface area contributed by atoms with Gasteiger partial charge in [-0.2, -0.15) is 0 Å². The fourth-order valence-electron chi connectivity index (χ4n) is 3.47. The van der Waals surface area contributed by atoms with E-state index < -0.39 is 0 Å². The second-order valence-corrected chi connectivity index (χ2v) is 8.50. The standard InChI is InChI=1S/C22H37N5O2.HI/c1-17(2)25-20(28)15-26-10-12-27(13-11-26)21(23-5)24-16-22(3,4)18-8-7-9-19(14-18)29-6;/h7-9,14,17H,10-13,15-16H2,1-6H3,(H,23,24)(H,25,28);1H. The van der Waals surface area contributed by atoms with Gasteiger partial charge in [0.25, 0.3) is 0 Å². The van der Waals surface area contributed by atoms with Gasteiger partial charge in [0.2, 0.25) is 5.91 Å². The lowest BCUT2D eigenvalue weighted by Gasteiger charge is -2.37. The van der Waals surface area contributed by atoms with Crippen LogP contribution in [0.4, 0.5) is 0 Å². The number of halogens is 1. The van der Waals surface area contributed by atoms with Crippen LogP contribution < -0.4 is 15.4 Å². The van der Waals surface area contributed by atoms with Gasteiger partial charge >= 0.3 is 0 Å². The van der Waals surface area contributed by atoms with E-state index in [9.17, 15) is 4.79 Å². The van der Waals surface area contributed by atoms with Crippen molar-refractivity contribution in [1.29, 1.82) is 0 Å². The summed E-state index contributed by atoms with van der Waals surface area (Å²) in [6, 6.07) is 8.39. The molecule has 1 amide bonds. The van der Waals surface area contributed by atoms with Crippen LogP contribution >= 0.6 is 24.0 Å². The minimum absolute atomic E-state index is 0. The predicted molar refractivity (Wildman–Crippen MR) is 134 cm³/mol. The van der Waals surface area contributed by atoms with Gasteiger partial charge in [-0.3, -0.25) is 14.7 Å². The molecular weight excluding hydrogens is 493 g/mol. The van der Waals surface area contributed by atoms with Crippen LogP contribution in [0.5, 0.6) is 5.75 Å². The first-order chi connectivity index (χ1) is 13.7. The second kappa shape index (κ2) is 12.3. The molecular formula is C22H38IN5O2. The molecule has 1 heterocycles. The lowest BCUT2D eigenvalue weighted by atomic mass is 9.84. The van der Waals surface area contributed by atoms with E-state index in [1.807, 2.05) is 33.0 Å². The number of guanidine groups is 1. The van der Waals surface area contributed by atoms with Crippen LogP contribution in [0.1, 0.15) is 33.3 Å². The SMILES string of the molecule is CN=C(NCC(C)(C)c1cccc(OC)c1)N1CCN(CC(=O)NC(C)C)CC1.I. The average Bonchev–Trinajstić information content (AvgIpc) is 2.69. The van der Waals surface area contributed by atoms with Gasteiger partial charge in [0.1, 0.15) is 5.75 Å². The Labute approximate surface area is 198 Å². The lowest BCUT2D eigenvalue weighted by molar-refractivity contribution is -0.123. The number of hydrogen-bond acceptors (Lipinski definition) is 4. The molecule has 0 radical (unpaired) electrons. The maximum atomic E-state index is 12.0. The van der Waals surface area contributed by atoms with Crippen molar-refractivity contribution in [2.45, 2.75) is 39.2 Å². The quantitative estimate of drug-likeness (QED) is 0.321. The van der Waals surface area contributed by atoms with E-state index in [2.05, 4.69) is 51.4 Å². The summed E-state index contributed by atoms with van der Waals surface area (Å²) in [5.41, 5.74) is 1.15. The molecule has 1 saturated heterocycles. The Hall–Kier alpha value is -1.55. The fraction of sp³-hybridized carbons (Fsp3) is 0.636. The smallest absolute Gasteiger partial charge is 0.234 e. The van der Waals surface area contributed by atoms with E-state index in [1.54, 1.807) is 7.11 Å². The summed E-state index contributed by atoms with van der Waals surface area (Å²) in [6.45, 7) is 13.0. The zero-order chi connectivity index (χ0) is 21.4. The molecule has 0 unspecified atom stereocenters. The normalized spacial score (nSPS) is 15.6. The summed E-state index contributed by atoms with van der Waals surface area (Å²) in [5, 5.41) is 6.49. The number of benzene rings is 1. The number of methoxy groups -OCH3 is 1. The number of amides is 1. The molecule has 1 aliphatic rings. The van der Waals surface area contributed by atoms with Gasteiger partial charge in [0.05, 0.1) is 13.7 Å². The van der Waals surface area contributed by atoms with E-state index in [1.165, 1.54) is 5.56 Å². The van der Waals surface area contributed by atoms with Crippen LogP contribution in [0.3, 0.4) is 0 Å². The van der Waals surface area contributed by atoms with Crippen LogP contribution in [-0.4, -0.2) is 81.1 Å². The van der Waals surface area contributed by atoms with Crippen molar-refractivity contribution in [2.75, 3.05) is 53.4 Å². The van der Waals surface area contributed by atoms with Crippen LogP contribution in [0.25, 0.3) is 0 Å². The average molecular weight is 531 g/mol. The second-order valence-electron chi connectivity index (χ2n) is 8.50. The molecule has 0 aliphatic carbocycles. The molecule has 1 aliphatic heterocycles. The number of hydrogen-bond donors (Lipinski definition) is 2. The van der Waals surface area contributed by atoms with Crippen molar-refractivity contribution in [2.24, 2.45) is 4.99 Å². The van der Waals surface area contributed by atoms with Crippen LogP contribution in [-0.2, 0) is 10.2 Å². The Morgan fingerprint density at radius 2 is 1.90 bits per heavy atom. The van der Waals surface area contributed by atoms with E-state index in [4.69, 9.17) is 4.74 Å². The molecule has 7 nitrogen and oxygen atoms in total. The first-order valence-corrected chi connectivity index (χ1v) is 10.4. The molecule has 0 spiro atoms. The van der Waals surface area contributed by atoms with Crippen molar-refractivity contribution in [3.05, 3.63) is 29.8 Å². The largest absolute Gasteiger partial charge is 0.497 e. The molecule has 0 saturated carbocycles. The molecule has 1 aromatic carbocycles. The van der Waals surface area contributed by atoms with Gasteiger partial charge in [0, 0.05) is 51.2 Å². The fourth-order valence-corrected chi connectivity index (χ4v) is 3.47. The zero-order valence-electron chi connectivity index (χ0n) is 19.2. The summed E-state index contributed by atoms with van der Waals surface area (Å²) >= 11 is 0. The van der Waals surface area contributed by atoms with Crippen molar-refractivity contribution in [3.8, 4) is 5.75 Å². The van der Waals surface area contributed by atoms with Gasteiger partial charge in [-0.25, -0.2) is 0 Å². The first-order valence-electron chi connectivity index (χ1n) is 10.4. The molecule has 0 aromatic heterocycles. The number of aliphatic imine (C=N–C) groups is 1. The van der Waals surface area contributed by atoms with Crippen molar-refractivity contribution in [1.82, 2.24) is 20.4 Å². The van der Waals surface area contributed by atoms with Crippen LogP contribution in [0.2, 0.25) is 0 Å². The molecule has 1 fully saturated rings. The number of ether oxygens (including phenoxy) is 1. The minimum Gasteiger partial charge on any atom is -0.497 e. The summed E-state index contributed by atoms with van der Waals surface area (Å²) < 4.78 is 5.37. The summed E-state index contributed by atoms with van der Waals surface area (Å²) in [7, 11) is 3.52. The third-order valence-electron chi connectivity index (χ3n) is 5.24.